The molecule has 0 aromatic heterocycles. The number of hydrazone groups is 1. The fraction of sp³-hybridized carbons (Fsp3) is 0.200. The Bertz CT molecular complexity index is 1520. The number of halogens is 1. The van der Waals surface area contributed by atoms with Crippen LogP contribution >= 0.6 is 0 Å². The predicted molar refractivity (Wildman–Crippen MR) is 151 cm³/mol. The third kappa shape index (κ3) is 7.42. The summed E-state index contributed by atoms with van der Waals surface area (Å²) in [5.74, 6) is -0.319. The predicted octanol–water partition coefficient (Wildman–Crippen LogP) is 3.74. The highest BCUT2D eigenvalue weighted by atomic mass is 19.1. The van der Waals surface area contributed by atoms with Gasteiger partial charge >= 0.3 is 12.0 Å². The van der Waals surface area contributed by atoms with Crippen LogP contribution in [0.3, 0.4) is 0 Å². The number of amides is 3. The Morgan fingerprint density at radius 2 is 1.79 bits per heavy atom. The van der Waals surface area contributed by atoms with Crippen LogP contribution in [0.4, 0.5) is 9.18 Å². The number of esters is 1. The number of benzene rings is 3. The third-order valence-corrected chi connectivity index (χ3v) is 6.19. The third-order valence-electron chi connectivity index (χ3n) is 6.19. The van der Waals surface area contributed by atoms with E-state index in [-0.39, 0.29) is 36.1 Å². The van der Waals surface area contributed by atoms with E-state index in [4.69, 9.17) is 18.9 Å². The number of ether oxygens (including phenoxy) is 4. The number of rotatable bonds is 11. The first-order chi connectivity index (χ1) is 20.3. The number of methoxy groups -OCH3 is 2. The van der Waals surface area contributed by atoms with Crippen molar-refractivity contribution in [2.45, 2.75) is 19.6 Å². The smallest absolute Gasteiger partial charge is 0.337 e. The number of carbonyl (C=O) groups excluding carboxylic acids is 3. The number of urea groups is 1. The Morgan fingerprint density at radius 1 is 1.02 bits per heavy atom. The molecule has 0 fully saturated rings. The molecule has 0 bridgehead atoms. The quantitative estimate of drug-likeness (QED) is 0.180. The van der Waals surface area contributed by atoms with E-state index in [0.717, 1.165) is 0 Å². The van der Waals surface area contributed by atoms with Gasteiger partial charge in [0.15, 0.2) is 18.1 Å². The van der Waals surface area contributed by atoms with Gasteiger partial charge in [0.05, 0.1) is 32.0 Å². The van der Waals surface area contributed by atoms with E-state index in [9.17, 15) is 18.8 Å². The number of hydrogen-bond acceptors (Lipinski definition) is 8. The van der Waals surface area contributed by atoms with Crippen LogP contribution in [-0.4, -0.2) is 44.9 Å². The number of carbonyl (C=O) groups is 3. The van der Waals surface area contributed by atoms with Crippen molar-refractivity contribution in [3.8, 4) is 17.2 Å². The van der Waals surface area contributed by atoms with Crippen molar-refractivity contribution in [2.24, 2.45) is 5.10 Å². The number of nitrogens with one attached hydrogen (secondary N) is 3. The highest BCUT2D eigenvalue weighted by Gasteiger charge is 2.32. The van der Waals surface area contributed by atoms with Crippen molar-refractivity contribution < 1.29 is 37.7 Å². The minimum atomic E-state index is -0.778. The molecular weight excluding hydrogens is 547 g/mol. The maximum atomic E-state index is 13.7. The normalized spacial score (nSPS) is 14.6. The second-order valence-corrected chi connectivity index (χ2v) is 9.00. The molecule has 0 radical (unpaired) electrons. The van der Waals surface area contributed by atoms with E-state index < -0.39 is 23.9 Å². The van der Waals surface area contributed by atoms with Gasteiger partial charge in [-0.15, -0.1) is 0 Å². The zero-order valence-corrected chi connectivity index (χ0v) is 23.1. The van der Waals surface area contributed by atoms with Crippen molar-refractivity contribution in [3.63, 3.8) is 0 Å². The monoisotopic (exact) mass is 576 g/mol. The summed E-state index contributed by atoms with van der Waals surface area (Å²) in [6, 6.07) is 16.9. The average molecular weight is 577 g/mol. The Morgan fingerprint density at radius 3 is 2.50 bits per heavy atom. The molecular formula is C30H29FN4O7. The minimum absolute atomic E-state index is 0.101. The summed E-state index contributed by atoms with van der Waals surface area (Å²) in [6.07, 6.45) is 1.45. The van der Waals surface area contributed by atoms with Crippen LogP contribution < -0.4 is 30.3 Å². The van der Waals surface area contributed by atoms with Crippen LogP contribution in [0.5, 0.6) is 17.2 Å². The standard InChI is InChI=1S/C30H29FN4O7/c1-18-27(29(37)40-3)28(34-30(38)33-18)20-10-13-24(25(14-20)39-2)42-17-26(36)35-32-15-19-8-11-22(12-9-19)41-16-21-6-4-5-7-23(21)31/h4-15,28H,16-17H2,1-3H3,(H,35,36)(H2,33,34,38)/b32-15-/t28-/m1/s1. The summed E-state index contributed by atoms with van der Waals surface area (Å²) in [5, 5.41) is 9.19. The van der Waals surface area contributed by atoms with E-state index in [1.807, 2.05) is 0 Å². The van der Waals surface area contributed by atoms with Gasteiger partial charge in [0.1, 0.15) is 18.2 Å². The van der Waals surface area contributed by atoms with Gasteiger partial charge in [-0.25, -0.2) is 19.4 Å². The lowest BCUT2D eigenvalue weighted by Crippen LogP contribution is -2.45. The molecule has 11 nitrogen and oxygen atoms in total. The number of allylic oxidation sites excluding steroid dienone is 1. The minimum Gasteiger partial charge on any atom is -0.493 e. The molecule has 3 amide bonds. The molecule has 3 aromatic rings. The molecule has 0 unspecified atom stereocenters. The fourth-order valence-electron chi connectivity index (χ4n) is 4.09. The van der Waals surface area contributed by atoms with Crippen molar-refractivity contribution in [2.75, 3.05) is 20.8 Å². The Hall–Kier alpha value is -5.39. The Kier molecular flexibility index (Phi) is 9.72. The molecule has 4 rings (SSSR count). The zero-order valence-electron chi connectivity index (χ0n) is 23.1. The first-order valence-electron chi connectivity index (χ1n) is 12.7. The van der Waals surface area contributed by atoms with Crippen molar-refractivity contribution in [1.82, 2.24) is 16.1 Å². The molecule has 0 aliphatic carbocycles. The summed E-state index contributed by atoms with van der Waals surface area (Å²) in [4.78, 5) is 36.7. The topological polar surface area (TPSA) is 137 Å². The first kappa shape index (κ1) is 29.6. The number of nitrogens with zero attached hydrogens (tertiary/aromatic N) is 1. The highest BCUT2D eigenvalue weighted by Crippen LogP contribution is 2.34. The maximum absolute atomic E-state index is 13.7. The average Bonchev–Trinajstić information content (AvgIpc) is 2.99. The van der Waals surface area contributed by atoms with Crippen LogP contribution in [0.25, 0.3) is 0 Å². The summed E-state index contributed by atoms with van der Waals surface area (Å²) < 4.78 is 35.2. The van der Waals surface area contributed by atoms with Crippen LogP contribution in [0.2, 0.25) is 0 Å². The molecule has 12 heteroatoms. The van der Waals surface area contributed by atoms with E-state index in [1.54, 1.807) is 67.6 Å². The molecule has 3 aromatic carbocycles. The summed E-state index contributed by atoms with van der Waals surface area (Å²) in [6.45, 7) is 1.35. The molecule has 1 heterocycles. The first-order valence-corrected chi connectivity index (χ1v) is 12.7. The molecule has 0 saturated carbocycles. The second-order valence-electron chi connectivity index (χ2n) is 9.00. The van der Waals surface area contributed by atoms with Gasteiger partial charge < -0.3 is 29.6 Å². The van der Waals surface area contributed by atoms with Gasteiger partial charge in [-0.3, -0.25) is 4.79 Å². The lowest BCUT2D eigenvalue weighted by Gasteiger charge is -2.28. The molecule has 42 heavy (non-hydrogen) atoms. The van der Waals surface area contributed by atoms with E-state index in [2.05, 4.69) is 21.2 Å². The molecule has 0 spiro atoms. The van der Waals surface area contributed by atoms with Crippen LogP contribution in [-0.2, 0) is 20.9 Å². The van der Waals surface area contributed by atoms with Crippen LogP contribution in [0, 0.1) is 5.82 Å². The van der Waals surface area contributed by atoms with Gasteiger partial charge in [-0.05, 0) is 60.5 Å². The summed E-state index contributed by atoms with van der Waals surface area (Å²) in [7, 11) is 2.68. The Labute approximate surface area is 241 Å². The fourth-order valence-corrected chi connectivity index (χ4v) is 4.09. The SMILES string of the molecule is COC(=O)C1=C(C)NC(=O)N[C@@H]1c1ccc(OCC(=O)N/N=C\c2ccc(OCc3ccccc3F)cc2)c(OC)c1. The van der Waals surface area contributed by atoms with Crippen molar-refractivity contribution in [1.29, 1.82) is 0 Å². The molecule has 0 saturated heterocycles. The second kappa shape index (κ2) is 13.8. The van der Waals surface area contributed by atoms with Gasteiger partial charge in [-0.1, -0.05) is 24.3 Å². The van der Waals surface area contributed by atoms with E-state index >= 15 is 0 Å². The van der Waals surface area contributed by atoms with Gasteiger partial charge in [-0.2, -0.15) is 5.10 Å². The molecule has 3 N–H and O–H groups in total. The number of hydrogen-bond donors (Lipinski definition) is 3. The molecule has 1 aliphatic heterocycles. The van der Waals surface area contributed by atoms with Crippen LogP contribution in [0.1, 0.15) is 29.7 Å². The van der Waals surface area contributed by atoms with Crippen molar-refractivity contribution >= 4 is 24.1 Å². The molecule has 1 atom stereocenters. The van der Waals surface area contributed by atoms with Gasteiger partial charge in [0.25, 0.3) is 5.91 Å². The van der Waals surface area contributed by atoms with Crippen molar-refractivity contribution in [3.05, 3.63) is 101 Å². The van der Waals surface area contributed by atoms with Crippen LogP contribution in [0.15, 0.2) is 83.1 Å². The van der Waals surface area contributed by atoms with E-state index in [0.29, 0.717) is 28.1 Å². The van der Waals surface area contributed by atoms with Gasteiger partial charge in [0, 0.05) is 11.3 Å². The summed E-state index contributed by atoms with van der Waals surface area (Å²) >= 11 is 0. The Balaban J connectivity index is 1.31. The molecule has 218 valence electrons. The zero-order chi connectivity index (χ0) is 30.1. The lowest BCUT2D eigenvalue weighted by atomic mass is 9.95. The highest BCUT2D eigenvalue weighted by molar-refractivity contribution is 5.95. The largest absolute Gasteiger partial charge is 0.493 e. The molecule has 1 aliphatic rings. The van der Waals surface area contributed by atoms with Gasteiger partial charge in [0.2, 0.25) is 0 Å². The lowest BCUT2D eigenvalue weighted by molar-refractivity contribution is -0.136. The van der Waals surface area contributed by atoms with E-state index in [1.165, 1.54) is 26.5 Å². The summed E-state index contributed by atoms with van der Waals surface area (Å²) in [5.41, 5.74) is 4.70. The maximum Gasteiger partial charge on any atom is 0.337 e.